The molecule has 1 N–H and O–H groups in total. The normalized spacial score (nSPS) is 27.0. The highest BCUT2D eigenvalue weighted by atomic mass is 16.5. The van der Waals surface area contributed by atoms with Crippen LogP contribution in [0.5, 0.6) is 0 Å². The Labute approximate surface area is 119 Å². The summed E-state index contributed by atoms with van der Waals surface area (Å²) < 4.78 is 5.59. The van der Waals surface area contributed by atoms with E-state index in [9.17, 15) is 0 Å². The van der Waals surface area contributed by atoms with E-state index in [-0.39, 0.29) is 6.04 Å². The summed E-state index contributed by atoms with van der Waals surface area (Å²) in [5.74, 6) is 0. The number of hydrogen-bond donors (Lipinski definition) is 1. The van der Waals surface area contributed by atoms with Gasteiger partial charge in [0.15, 0.2) is 0 Å². The highest BCUT2D eigenvalue weighted by molar-refractivity contribution is 5.14. The smallest absolute Gasteiger partial charge is 0.106 e. The van der Waals surface area contributed by atoms with Crippen LogP contribution in [-0.2, 0) is 11.3 Å². The van der Waals surface area contributed by atoms with E-state index < -0.39 is 0 Å². The number of aromatic amines is 1. The number of hydrogen-bond acceptors (Lipinski definition) is 6. The van der Waals surface area contributed by atoms with Crippen molar-refractivity contribution in [1.82, 2.24) is 30.1 Å². The van der Waals surface area contributed by atoms with Gasteiger partial charge in [-0.3, -0.25) is 14.9 Å². The zero-order chi connectivity index (χ0) is 13.9. The third-order valence-corrected chi connectivity index (χ3v) is 4.34. The number of likely N-dealkylation sites (N-methyl/N-ethyl adjacent to an activating group) is 2. The van der Waals surface area contributed by atoms with Crippen molar-refractivity contribution in [3.8, 4) is 0 Å². The van der Waals surface area contributed by atoms with E-state index >= 15 is 0 Å². The monoisotopic (exact) mass is 280 g/mol. The SMILES string of the molecule is CN1CCN(Cc2[nH]nnc2C2COCCN2C)CC1. The van der Waals surface area contributed by atoms with Crippen molar-refractivity contribution in [3.05, 3.63) is 11.4 Å². The van der Waals surface area contributed by atoms with E-state index in [1.54, 1.807) is 0 Å². The Balaban J connectivity index is 1.67. The molecule has 7 heteroatoms. The minimum absolute atomic E-state index is 0.227. The Bertz CT molecular complexity index is 428. The van der Waals surface area contributed by atoms with Gasteiger partial charge < -0.3 is 9.64 Å². The topological polar surface area (TPSA) is 60.5 Å². The number of piperazine rings is 1. The number of rotatable bonds is 3. The molecule has 1 aromatic heterocycles. The van der Waals surface area contributed by atoms with Gasteiger partial charge in [-0.1, -0.05) is 5.21 Å². The van der Waals surface area contributed by atoms with Gasteiger partial charge >= 0.3 is 0 Å². The molecule has 1 atom stereocenters. The first kappa shape index (κ1) is 13.9. The van der Waals surface area contributed by atoms with Crippen LogP contribution in [0.3, 0.4) is 0 Å². The maximum absolute atomic E-state index is 5.59. The van der Waals surface area contributed by atoms with Gasteiger partial charge in [0, 0.05) is 39.3 Å². The van der Waals surface area contributed by atoms with Crippen LogP contribution in [0.25, 0.3) is 0 Å². The first-order chi connectivity index (χ1) is 9.74. The summed E-state index contributed by atoms with van der Waals surface area (Å²) in [6, 6.07) is 0.227. The molecule has 0 amide bonds. The summed E-state index contributed by atoms with van der Waals surface area (Å²) in [6.45, 7) is 7.83. The zero-order valence-electron chi connectivity index (χ0n) is 12.4. The zero-order valence-corrected chi connectivity index (χ0v) is 12.4. The molecule has 1 aromatic rings. The van der Waals surface area contributed by atoms with Crippen molar-refractivity contribution in [2.45, 2.75) is 12.6 Å². The minimum atomic E-state index is 0.227. The number of H-pyrrole nitrogens is 1. The summed E-state index contributed by atoms with van der Waals surface area (Å²) >= 11 is 0. The molecule has 0 radical (unpaired) electrons. The minimum Gasteiger partial charge on any atom is -0.378 e. The molecule has 20 heavy (non-hydrogen) atoms. The summed E-state index contributed by atoms with van der Waals surface area (Å²) in [5.41, 5.74) is 2.18. The second-order valence-electron chi connectivity index (χ2n) is 5.83. The van der Waals surface area contributed by atoms with Gasteiger partial charge in [-0.15, -0.1) is 5.10 Å². The lowest BCUT2D eigenvalue weighted by molar-refractivity contribution is 0.00283. The van der Waals surface area contributed by atoms with Crippen LogP contribution in [0, 0.1) is 0 Å². The lowest BCUT2D eigenvalue weighted by Crippen LogP contribution is -2.44. The Morgan fingerprint density at radius 1 is 1.20 bits per heavy atom. The molecule has 0 aromatic carbocycles. The predicted octanol–water partition coefficient (Wildman–Crippen LogP) is -0.445. The van der Waals surface area contributed by atoms with E-state index in [1.807, 2.05) is 0 Å². The summed E-state index contributed by atoms with van der Waals surface area (Å²) in [7, 11) is 4.30. The second-order valence-corrected chi connectivity index (χ2v) is 5.83. The number of aromatic nitrogens is 3. The molecule has 0 spiro atoms. The highest BCUT2D eigenvalue weighted by Crippen LogP contribution is 2.23. The number of morpholine rings is 1. The van der Waals surface area contributed by atoms with E-state index in [4.69, 9.17) is 4.74 Å². The van der Waals surface area contributed by atoms with E-state index in [1.165, 1.54) is 0 Å². The van der Waals surface area contributed by atoms with E-state index in [2.05, 4.69) is 44.2 Å². The average molecular weight is 280 g/mol. The van der Waals surface area contributed by atoms with Gasteiger partial charge in [-0.05, 0) is 14.1 Å². The second kappa shape index (κ2) is 6.17. The molecule has 2 aliphatic rings. The van der Waals surface area contributed by atoms with Crippen LogP contribution >= 0.6 is 0 Å². The van der Waals surface area contributed by atoms with Crippen LogP contribution < -0.4 is 0 Å². The Morgan fingerprint density at radius 2 is 2.00 bits per heavy atom. The standard InChI is InChI=1S/C13H24N6O/c1-17-3-5-19(6-4-17)9-11-13(15-16-14-11)12-10-20-8-7-18(12)2/h12H,3-10H2,1-2H3,(H,14,15,16). The van der Waals surface area contributed by atoms with Gasteiger partial charge in [0.2, 0.25) is 0 Å². The lowest BCUT2D eigenvalue weighted by atomic mass is 10.1. The van der Waals surface area contributed by atoms with Gasteiger partial charge in [0.05, 0.1) is 24.9 Å². The Hall–Kier alpha value is -1.02. The summed E-state index contributed by atoms with van der Waals surface area (Å²) in [4.78, 5) is 7.13. The fourth-order valence-corrected chi connectivity index (χ4v) is 2.84. The molecule has 0 saturated carbocycles. The molecule has 2 fully saturated rings. The molecular weight excluding hydrogens is 256 g/mol. The molecule has 1 unspecified atom stereocenters. The lowest BCUT2D eigenvalue weighted by Gasteiger charge is -2.34. The van der Waals surface area contributed by atoms with Crippen molar-refractivity contribution in [1.29, 1.82) is 0 Å². The molecule has 3 heterocycles. The molecule has 3 rings (SSSR count). The number of nitrogens with one attached hydrogen (secondary N) is 1. The van der Waals surface area contributed by atoms with Crippen molar-refractivity contribution >= 4 is 0 Å². The predicted molar refractivity (Wildman–Crippen MR) is 75.3 cm³/mol. The largest absolute Gasteiger partial charge is 0.378 e. The van der Waals surface area contributed by atoms with Crippen molar-refractivity contribution in [2.24, 2.45) is 0 Å². The first-order valence-electron chi connectivity index (χ1n) is 7.33. The molecule has 112 valence electrons. The average Bonchev–Trinajstić information content (AvgIpc) is 2.90. The summed E-state index contributed by atoms with van der Waals surface area (Å²) in [5, 5.41) is 11.4. The first-order valence-corrected chi connectivity index (χ1v) is 7.33. The molecule has 2 saturated heterocycles. The third kappa shape index (κ3) is 3.01. The number of ether oxygens (including phenoxy) is 1. The molecule has 7 nitrogen and oxygen atoms in total. The van der Waals surface area contributed by atoms with Crippen LogP contribution in [0.15, 0.2) is 0 Å². The van der Waals surface area contributed by atoms with Gasteiger partial charge in [0.25, 0.3) is 0 Å². The fraction of sp³-hybridized carbons (Fsp3) is 0.846. The maximum atomic E-state index is 5.59. The molecule has 2 aliphatic heterocycles. The maximum Gasteiger partial charge on any atom is 0.106 e. The van der Waals surface area contributed by atoms with Crippen molar-refractivity contribution in [2.75, 3.05) is 60.0 Å². The third-order valence-electron chi connectivity index (χ3n) is 4.34. The van der Waals surface area contributed by atoms with E-state index in [0.29, 0.717) is 6.61 Å². The van der Waals surface area contributed by atoms with Crippen molar-refractivity contribution in [3.63, 3.8) is 0 Å². The van der Waals surface area contributed by atoms with Crippen molar-refractivity contribution < 1.29 is 4.74 Å². The number of nitrogens with zero attached hydrogens (tertiary/aromatic N) is 5. The van der Waals surface area contributed by atoms with Crippen LogP contribution in [0.1, 0.15) is 17.4 Å². The Morgan fingerprint density at radius 3 is 2.75 bits per heavy atom. The van der Waals surface area contributed by atoms with Gasteiger partial charge in [-0.25, -0.2) is 0 Å². The fourth-order valence-electron chi connectivity index (χ4n) is 2.84. The van der Waals surface area contributed by atoms with Crippen LogP contribution in [-0.4, -0.2) is 90.1 Å². The van der Waals surface area contributed by atoms with E-state index in [0.717, 1.165) is 57.3 Å². The molecular formula is C13H24N6O. The van der Waals surface area contributed by atoms with Gasteiger partial charge in [-0.2, -0.15) is 0 Å². The highest BCUT2D eigenvalue weighted by Gasteiger charge is 2.27. The van der Waals surface area contributed by atoms with Gasteiger partial charge in [0.1, 0.15) is 5.69 Å². The summed E-state index contributed by atoms with van der Waals surface area (Å²) in [6.07, 6.45) is 0. The van der Waals surface area contributed by atoms with Crippen LogP contribution in [0.2, 0.25) is 0 Å². The van der Waals surface area contributed by atoms with Crippen LogP contribution in [0.4, 0.5) is 0 Å². The molecule has 0 aliphatic carbocycles. The quantitative estimate of drug-likeness (QED) is 0.810. The Kier molecular flexibility index (Phi) is 4.30. The molecule has 0 bridgehead atoms.